The molecule has 10 nitrogen and oxygen atoms in total. The highest BCUT2D eigenvalue weighted by Gasteiger charge is 2.38. The topological polar surface area (TPSA) is 143 Å². The normalized spacial score (nSPS) is 14.3. The van der Waals surface area contributed by atoms with Crippen molar-refractivity contribution in [2.75, 3.05) is 32.2 Å². The molecule has 2 heterocycles. The van der Waals surface area contributed by atoms with Crippen LogP contribution in [0.25, 0.3) is 11.1 Å². The Balaban J connectivity index is 0.000000505. The molecule has 204 valence electrons. The summed E-state index contributed by atoms with van der Waals surface area (Å²) >= 11 is 0. The first-order chi connectivity index (χ1) is 18.1. The number of carbonyl (C=O) groups is 2. The number of benzene rings is 2. The molecule has 0 aliphatic carbocycles. The van der Waals surface area contributed by atoms with Gasteiger partial charge in [-0.15, -0.1) is 0 Å². The van der Waals surface area contributed by atoms with Crippen molar-refractivity contribution in [1.29, 1.82) is 0 Å². The van der Waals surface area contributed by atoms with Gasteiger partial charge >= 0.3 is 12.1 Å². The van der Waals surface area contributed by atoms with Crippen molar-refractivity contribution in [3.05, 3.63) is 54.4 Å². The number of aliphatic hydroxyl groups excluding tert-OH is 1. The molecule has 0 fully saturated rings. The Bertz CT molecular complexity index is 1230. The first-order valence-electron chi connectivity index (χ1n) is 11.4. The molecule has 2 aromatic carbocycles. The molecule has 3 aromatic rings. The number of halogens is 3. The van der Waals surface area contributed by atoms with Crippen LogP contribution in [-0.4, -0.2) is 65.4 Å². The van der Waals surface area contributed by atoms with E-state index in [0.29, 0.717) is 37.5 Å². The Morgan fingerprint density at radius 2 is 1.97 bits per heavy atom. The number of alkyl halides is 3. The molecule has 0 saturated heterocycles. The summed E-state index contributed by atoms with van der Waals surface area (Å²) in [5.74, 6) is -1.18. The smallest absolute Gasteiger partial charge is 0.490 e. The summed E-state index contributed by atoms with van der Waals surface area (Å²) in [5.41, 5.74) is 3.34. The average Bonchev–Trinajstić information content (AvgIpc) is 3.44. The van der Waals surface area contributed by atoms with Gasteiger partial charge in [0, 0.05) is 24.8 Å². The van der Waals surface area contributed by atoms with Gasteiger partial charge in [-0.2, -0.15) is 18.3 Å². The van der Waals surface area contributed by atoms with Crippen molar-refractivity contribution in [2.24, 2.45) is 5.92 Å². The number of nitrogens with one attached hydrogen (secondary N) is 2. The number of H-pyrrole nitrogens is 1. The molecular weight excluding hydrogens is 511 g/mol. The highest BCUT2D eigenvalue weighted by Crippen LogP contribution is 2.34. The van der Waals surface area contributed by atoms with E-state index in [1.807, 2.05) is 36.4 Å². The third-order valence-electron chi connectivity index (χ3n) is 5.42. The first-order valence-corrected chi connectivity index (χ1v) is 11.4. The lowest BCUT2D eigenvalue weighted by molar-refractivity contribution is -0.192. The molecule has 4 rings (SSSR count). The molecule has 4 N–H and O–H groups in total. The monoisotopic (exact) mass is 537 g/mol. The van der Waals surface area contributed by atoms with E-state index in [2.05, 4.69) is 15.5 Å². The lowest BCUT2D eigenvalue weighted by atomic mass is 9.95. The predicted octanol–water partition coefficient (Wildman–Crippen LogP) is 3.67. The van der Waals surface area contributed by atoms with Gasteiger partial charge in [0.05, 0.1) is 31.5 Å². The predicted molar refractivity (Wildman–Crippen MR) is 129 cm³/mol. The SMILES string of the molecule is COc1ccc2c(c1)CC(C(=O)Nc1ccc(-c3cn[nH]c3)cc1OCCCO)CO2.O=C(O)C(F)(F)F. The second-order valence-corrected chi connectivity index (χ2v) is 8.10. The number of hydrogen-bond donors (Lipinski definition) is 4. The third kappa shape index (κ3) is 7.62. The average molecular weight is 537 g/mol. The van der Waals surface area contributed by atoms with Gasteiger partial charge in [0.2, 0.25) is 5.91 Å². The van der Waals surface area contributed by atoms with Crippen LogP contribution in [0.4, 0.5) is 18.9 Å². The molecule has 1 aromatic heterocycles. The number of amides is 1. The summed E-state index contributed by atoms with van der Waals surface area (Å²) in [5, 5.41) is 25.9. The van der Waals surface area contributed by atoms with Crippen molar-refractivity contribution < 1.29 is 47.2 Å². The van der Waals surface area contributed by atoms with Gasteiger partial charge in [-0.3, -0.25) is 9.89 Å². The van der Waals surface area contributed by atoms with Crippen molar-refractivity contribution in [1.82, 2.24) is 10.2 Å². The fourth-order valence-electron chi connectivity index (χ4n) is 3.48. The summed E-state index contributed by atoms with van der Waals surface area (Å²) in [7, 11) is 1.61. The molecular formula is C25H26F3N3O7. The Morgan fingerprint density at radius 1 is 1.21 bits per heavy atom. The maximum atomic E-state index is 13.0. The number of fused-ring (bicyclic) bond motifs is 1. The fourth-order valence-corrected chi connectivity index (χ4v) is 3.48. The number of aliphatic carboxylic acids is 1. The Kier molecular flexibility index (Phi) is 9.55. The van der Waals surface area contributed by atoms with Crippen LogP contribution in [0.3, 0.4) is 0 Å². The van der Waals surface area contributed by atoms with E-state index in [9.17, 15) is 18.0 Å². The highest BCUT2D eigenvalue weighted by molar-refractivity contribution is 5.95. The second kappa shape index (κ2) is 12.8. The van der Waals surface area contributed by atoms with Crippen molar-refractivity contribution >= 4 is 17.6 Å². The van der Waals surface area contributed by atoms with E-state index >= 15 is 0 Å². The van der Waals surface area contributed by atoms with Crippen LogP contribution < -0.4 is 19.5 Å². The number of aromatic amines is 1. The summed E-state index contributed by atoms with van der Waals surface area (Å²) in [6.45, 7) is 0.679. The minimum absolute atomic E-state index is 0.0331. The summed E-state index contributed by atoms with van der Waals surface area (Å²) in [4.78, 5) is 21.9. The van der Waals surface area contributed by atoms with E-state index in [-0.39, 0.29) is 18.4 Å². The zero-order valence-corrected chi connectivity index (χ0v) is 20.2. The number of aromatic nitrogens is 2. The van der Waals surface area contributed by atoms with Gasteiger partial charge in [0.25, 0.3) is 0 Å². The number of aliphatic hydroxyl groups is 1. The Labute approximate surface area is 215 Å². The molecule has 0 saturated carbocycles. The highest BCUT2D eigenvalue weighted by atomic mass is 19.4. The molecule has 0 spiro atoms. The summed E-state index contributed by atoms with van der Waals surface area (Å²) in [6, 6.07) is 11.2. The van der Waals surface area contributed by atoms with Gasteiger partial charge in [-0.05, 0) is 47.9 Å². The summed E-state index contributed by atoms with van der Waals surface area (Å²) in [6.07, 6.45) is -0.517. The van der Waals surface area contributed by atoms with Crippen LogP contribution >= 0.6 is 0 Å². The van der Waals surface area contributed by atoms with Crippen LogP contribution in [0.5, 0.6) is 17.2 Å². The number of ether oxygens (including phenoxy) is 3. The second-order valence-electron chi connectivity index (χ2n) is 8.10. The maximum absolute atomic E-state index is 13.0. The molecule has 0 bridgehead atoms. The number of nitrogens with zero attached hydrogens (tertiary/aromatic N) is 1. The summed E-state index contributed by atoms with van der Waals surface area (Å²) < 4.78 is 48.6. The van der Waals surface area contributed by atoms with E-state index in [4.69, 9.17) is 29.2 Å². The largest absolute Gasteiger partial charge is 0.497 e. The number of methoxy groups -OCH3 is 1. The zero-order chi connectivity index (χ0) is 27.7. The van der Waals surface area contributed by atoms with Crippen LogP contribution in [0, 0.1) is 5.92 Å². The van der Waals surface area contributed by atoms with E-state index in [1.54, 1.807) is 19.5 Å². The van der Waals surface area contributed by atoms with Crippen LogP contribution in [0.2, 0.25) is 0 Å². The van der Waals surface area contributed by atoms with Crippen LogP contribution in [0.15, 0.2) is 48.8 Å². The first kappa shape index (κ1) is 28.3. The van der Waals surface area contributed by atoms with Gasteiger partial charge in [0.1, 0.15) is 23.9 Å². The molecule has 0 radical (unpaired) electrons. The van der Waals surface area contributed by atoms with Crippen molar-refractivity contribution in [3.8, 4) is 28.4 Å². The number of hydrogen-bond acceptors (Lipinski definition) is 7. The standard InChI is InChI=1S/C23H25N3O5.C2HF3O2/c1-29-19-4-6-21-16(10-19)9-17(14-31-21)23(28)26-20-5-3-15(18-12-24-25-13-18)11-22(20)30-8-2-7-27;3-2(4,5)1(6)7/h3-6,10-13,17,27H,2,7-9,14H2,1H3,(H,24,25)(H,26,28);(H,6,7). The van der Waals surface area contributed by atoms with Gasteiger partial charge in [-0.25, -0.2) is 4.79 Å². The number of carboxylic acid groups (broad SMARTS) is 1. The quantitative estimate of drug-likeness (QED) is 0.319. The molecule has 1 aliphatic heterocycles. The number of anilines is 1. The zero-order valence-electron chi connectivity index (χ0n) is 20.2. The van der Waals surface area contributed by atoms with E-state index < -0.39 is 12.1 Å². The van der Waals surface area contributed by atoms with E-state index in [0.717, 1.165) is 28.2 Å². The van der Waals surface area contributed by atoms with Crippen molar-refractivity contribution in [3.63, 3.8) is 0 Å². The lowest BCUT2D eigenvalue weighted by Crippen LogP contribution is -2.32. The maximum Gasteiger partial charge on any atom is 0.490 e. The fraction of sp³-hybridized carbons (Fsp3) is 0.320. The number of rotatable bonds is 8. The molecule has 1 aliphatic rings. The lowest BCUT2D eigenvalue weighted by Gasteiger charge is -2.25. The molecule has 1 atom stereocenters. The Hall–Kier alpha value is -4.26. The molecule has 13 heteroatoms. The Morgan fingerprint density at radius 3 is 2.61 bits per heavy atom. The molecule has 1 unspecified atom stereocenters. The van der Waals surface area contributed by atoms with E-state index in [1.165, 1.54) is 0 Å². The molecule has 1 amide bonds. The van der Waals surface area contributed by atoms with Crippen molar-refractivity contribution in [2.45, 2.75) is 19.0 Å². The minimum atomic E-state index is -5.08. The van der Waals surface area contributed by atoms with Crippen LogP contribution in [-0.2, 0) is 16.0 Å². The number of carbonyl (C=O) groups excluding carboxylic acids is 1. The third-order valence-corrected chi connectivity index (χ3v) is 5.42. The minimum Gasteiger partial charge on any atom is -0.497 e. The molecule has 38 heavy (non-hydrogen) atoms. The van der Waals surface area contributed by atoms with Gasteiger partial charge in [0.15, 0.2) is 0 Å². The van der Waals surface area contributed by atoms with Gasteiger partial charge < -0.3 is 29.7 Å². The number of carboxylic acids is 1. The van der Waals surface area contributed by atoms with Crippen LogP contribution in [0.1, 0.15) is 12.0 Å². The van der Waals surface area contributed by atoms with Gasteiger partial charge in [-0.1, -0.05) is 6.07 Å².